The number of aryl methyl sites for hydroxylation is 1. The number of imidazole rings is 1. The number of aromatic amines is 1. The topological polar surface area (TPSA) is 58.0 Å². The Morgan fingerprint density at radius 3 is 2.43 bits per heavy atom. The van der Waals surface area contributed by atoms with Gasteiger partial charge in [0.15, 0.2) is 0 Å². The zero-order chi connectivity index (χ0) is 10.9. The molecule has 0 unspecified atom stereocenters. The third-order valence-corrected chi connectivity index (χ3v) is 2.20. The second kappa shape index (κ2) is 4.04. The fourth-order valence-electron chi connectivity index (χ4n) is 1.13. The molecule has 0 atom stereocenters. The van der Waals surface area contributed by atoms with Crippen LogP contribution in [-0.2, 0) is 10.3 Å². The van der Waals surface area contributed by atoms with Crippen LogP contribution in [0.15, 0.2) is 4.79 Å². The molecule has 0 saturated carbocycles. The summed E-state index contributed by atoms with van der Waals surface area (Å²) in [5.41, 5.74) is -0.255. The molecule has 0 spiro atoms. The largest absolute Gasteiger partial charge is 0.493 e. The molecule has 0 radical (unpaired) electrons. The average molecular weight is 260 g/mol. The van der Waals surface area contributed by atoms with Gasteiger partial charge in [0.05, 0.1) is 5.69 Å². The van der Waals surface area contributed by atoms with Gasteiger partial charge in [-0.25, -0.2) is 9.36 Å². The van der Waals surface area contributed by atoms with Gasteiger partial charge in [-0.15, -0.1) is 0 Å². The van der Waals surface area contributed by atoms with Crippen LogP contribution in [-0.4, -0.2) is 14.7 Å². The summed E-state index contributed by atoms with van der Waals surface area (Å²) in [7, 11) is 0. The van der Waals surface area contributed by atoms with Gasteiger partial charge in [-0.1, -0.05) is 48.1 Å². The highest BCUT2D eigenvalue weighted by Crippen LogP contribution is 2.35. The molecule has 0 amide bonds. The van der Waals surface area contributed by atoms with Crippen LogP contribution in [0.1, 0.15) is 19.0 Å². The second-order valence-corrected chi connectivity index (χ2v) is 5.01. The molecule has 7 heteroatoms. The molecule has 1 aromatic rings. The molecule has 1 rings (SSSR count). The van der Waals surface area contributed by atoms with Gasteiger partial charge >= 0.3 is 5.69 Å². The summed E-state index contributed by atoms with van der Waals surface area (Å²) in [6.45, 7) is 1.91. The number of H-pyrrole nitrogens is 1. The highest BCUT2D eigenvalue weighted by atomic mass is 35.6. The smallest absolute Gasteiger partial charge is 0.332 e. The predicted molar refractivity (Wildman–Crippen MR) is 56.2 cm³/mol. The lowest BCUT2D eigenvalue weighted by Crippen LogP contribution is -2.25. The lowest BCUT2D eigenvalue weighted by atomic mass is 10.3. The number of halogens is 3. The summed E-state index contributed by atoms with van der Waals surface area (Å²) in [6, 6.07) is 0. The van der Waals surface area contributed by atoms with Crippen LogP contribution < -0.4 is 5.69 Å². The highest BCUT2D eigenvalue weighted by Gasteiger charge is 2.29. The maximum atomic E-state index is 11.3. The Kier molecular flexibility index (Phi) is 3.40. The van der Waals surface area contributed by atoms with E-state index in [2.05, 4.69) is 4.98 Å². The van der Waals surface area contributed by atoms with E-state index in [9.17, 15) is 9.90 Å². The first kappa shape index (κ1) is 11.8. The number of hydrogen-bond acceptors (Lipinski definition) is 2. The second-order valence-electron chi connectivity index (χ2n) is 2.79. The van der Waals surface area contributed by atoms with Crippen molar-refractivity contribution in [3.05, 3.63) is 16.2 Å². The highest BCUT2D eigenvalue weighted by molar-refractivity contribution is 6.64. The number of rotatable bonds is 2. The fourth-order valence-corrected chi connectivity index (χ4v) is 1.60. The molecule has 0 bridgehead atoms. The first-order chi connectivity index (χ1) is 6.38. The molecule has 1 aromatic heterocycles. The van der Waals surface area contributed by atoms with Crippen molar-refractivity contribution in [2.45, 2.75) is 23.7 Å². The van der Waals surface area contributed by atoms with Crippen LogP contribution in [0.4, 0.5) is 0 Å². The normalized spacial score (nSPS) is 12.0. The molecule has 0 aliphatic heterocycles. The Balaban J connectivity index is 3.25. The zero-order valence-electron chi connectivity index (χ0n) is 7.35. The van der Waals surface area contributed by atoms with E-state index >= 15 is 0 Å². The van der Waals surface area contributed by atoms with E-state index in [1.54, 1.807) is 0 Å². The molecule has 14 heavy (non-hydrogen) atoms. The maximum absolute atomic E-state index is 11.3. The van der Waals surface area contributed by atoms with E-state index in [0.29, 0.717) is 16.7 Å². The summed E-state index contributed by atoms with van der Waals surface area (Å²) in [5.74, 6) is -0.322. The molecule has 0 aromatic carbocycles. The predicted octanol–water partition coefficient (Wildman–Crippen LogP) is 2.12. The quantitative estimate of drug-likeness (QED) is 0.799. The Labute approximate surface area is 95.4 Å². The molecular weight excluding hydrogens is 250 g/mol. The van der Waals surface area contributed by atoms with E-state index < -0.39 is 9.61 Å². The Morgan fingerprint density at radius 2 is 2.07 bits per heavy atom. The van der Waals surface area contributed by atoms with Crippen LogP contribution in [0, 0.1) is 0 Å². The standard InChI is InChI=1S/C7H9Cl3N2O2/c1-2-3-4-5(13)12(6(14)11-4)7(8,9)10/h13H,2-3H2,1H3,(H,11,14). The van der Waals surface area contributed by atoms with Gasteiger partial charge in [0.1, 0.15) is 0 Å². The van der Waals surface area contributed by atoms with E-state index in [-0.39, 0.29) is 5.88 Å². The van der Waals surface area contributed by atoms with Gasteiger partial charge in [0.25, 0.3) is 3.92 Å². The Morgan fingerprint density at radius 1 is 1.50 bits per heavy atom. The van der Waals surface area contributed by atoms with Crippen LogP contribution in [0.5, 0.6) is 5.88 Å². The Hall–Kier alpha value is -0.320. The average Bonchev–Trinajstić information content (AvgIpc) is 2.26. The minimum absolute atomic E-state index is 0.322. The van der Waals surface area contributed by atoms with Crippen molar-refractivity contribution in [1.82, 2.24) is 9.55 Å². The SMILES string of the molecule is CCCc1[nH]c(=O)n(C(Cl)(Cl)Cl)c1O. The molecule has 0 aliphatic carbocycles. The van der Waals surface area contributed by atoms with Crippen molar-refractivity contribution in [3.8, 4) is 5.88 Å². The molecule has 2 N–H and O–H groups in total. The van der Waals surface area contributed by atoms with Crippen molar-refractivity contribution < 1.29 is 5.11 Å². The zero-order valence-corrected chi connectivity index (χ0v) is 9.62. The number of alkyl halides is 3. The molecule has 0 fully saturated rings. The summed E-state index contributed by atoms with van der Waals surface area (Å²) >= 11 is 16.5. The van der Waals surface area contributed by atoms with Crippen molar-refractivity contribution in [1.29, 1.82) is 0 Å². The number of nitrogens with zero attached hydrogens (tertiary/aromatic N) is 1. The van der Waals surface area contributed by atoms with Crippen LogP contribution >= 0.6 is 34.8 Å². The third kappa shape index (κ3) is 2.19. The summed E-state index contributed by atoms with van der Waals surface area (Å²) in [5, 5.41) is 9.55. The van der Waals surface area contributed by atoms with Gasteiger partial charge in [0.2, 0.25) is 5.88 Å². The third-order valence-electron chi connectivity index (χ3n) is 1.70. The van der Waals surface area contributed by atoms with Crippen molar-refractivity contribution in [3.63, 3.8) is 0 Å². The minimum Gasteiger partial charge on any atom is -0.493 e. The van der Waals surface area contributed by atoms with Crippen LogP contribution in [0.25, 0.3) is 0 Å². The Bertz CT molecular complexity index is 377. The lowest BCUT2D eigenvalue weighted by Gasteiger charge is -2.11. The first-order valence-corrected chi connectivity index (χ1v) is 5.11. The van der Waals surface area contributed by atoms with Gasteiger partial charge in [-0.05, 0) is 6.42 Å². The van der Waals surface area contributed by atoms with Crippen molar-refractivity contribution in [2.75, 3.05) is 0 Å². The number of hydrogen-bond donors (Lipinski definition) is 2. The van der Waals surface area contributed by atoms with Crippen LogP contribution in [0.3, 0.4) is 0 Å². The molecule has 0 aliphatic rings. The fraction of sp³-hybridized carbons (Fsp3) is 0.571. The minimum atomic E-state index is -1.97. The van der Waals surface area contributed by atoms with Gasteiger partial charge in [0, 0.05) is 0 Å². The van der Waals surface area contributed by atoms with Crippen molar-refractivity contribution in [2.24, 2.45) is 0 Å². The molecule has 1 heterocycles. The summed E-state index contributed by atoms with van der Waals surface area (Å²) in [6.07, 6.45) is 1.29. The molecule has 4 nitrogen and oxygen atoms in total. The van der Waals surface area contributed by atoms with Gasteiger partial charge < -0.3 is 10.1 Å². The molecular formula is C7H9Cl3N2O2. The van der Waals surface area contributed by atoms with Crippen molar-refractivity contribution >= 4 is 34.8 Å². The van der Waals surface area contributed by atoms with Gasteiger partial charge in [-0.3, -0.25) is 0 Å². The summed E-state index contributed by atoms with van der Waals surface area (Å²) in [4.78, 5) is 13.7. The van der Waals surface area contributed by atoms with Crippen LogP contribution in [0.2, 0.25) is 0 Å². The number of aromatic hydroxyl groups is 1. The maximum Gasteiger partial charge on any atom is 0.332 e. The first-order valence-electron chi connectivity index (χ1n) is 3.98. The molecule has 0 saturated heterocycles. The monoisotopic (exact) mass is 258 g/mol. The van der Waals surface area contributed by atoms with E-state index in [0.717, 1.165) is 6.42 Å². The number of aromatic nitrogens is 2. The van der Waals surface area contributed by atoms with E-state index in [1.165, 1.54) is 0 Å². The van der Waals surface area contributed by atoms with E-state index in [4.69, 9.17) is 34.8 Å². The van der Waals surface area contributed by atoms with E-state index in [1.807, 2.05) is 6.92 Å². The molecule has 80 valence electrons. The lowest BCUT2D eigenvalue weighted by molar-refractivity contribution is 0.413. The summed E-state index contributed by atoms with van der Waals surface area (Å²) < 4.78 is -1.29. The van der Waals surface area contributed by atoms with Gasteiger partial charge in [-0.2, -0.15) is 0 Å². The number of nitrogens with one attached hydrogen (secondary N) is 1.